The van der Waals surface area contributed by atoms with Crippen molar-refractivity contribution in [2.75, 3.05) is 6.54 Å². The second kappa shape index (κ2) is 7.87. The molecular weight excluding hydrogens is 370 g/mol. The number of carboxylic acids is 1. The first-order valence-corrected chi connectivity index (χ1v) is 9.62. The summed E-state index contributed by atoms with van der Waals surface area (Å²) in [5, 5.41) is 10.2. The number of rotatable bonds is 5. The van der Waals surface area contributed by atoms with Crippen LogP contribution in [0.5, 0.6) is 0 Å². The molecule has 0 aliphatic carbocycles. The normalized spacial score (nSPS) is 15.9. The molecule has 29 heavy (non-hydrogen) atoms. The Hall–Kier alpha value is -3.48. The van der Waals surface area contributed by atoms with Gasteiger partial charge in [-0.3, -0.25) is 9.59 Å². The molecule has 0 saturated heterocycles. The van der Waals surface area contributed by atoms with Crippen molar-refractivity contribution in [1.82, 2.24) is 14.9 Å². The Bertz CT molecular complexity index is 1140. The maximum absolute atomic E-state index is 12.8. The number of aliphatic carboxylic acids is 1. The van der Waals surface area contributed by atoms with E-state index >= 15 is 0 Å². The lowest BCUT2D eigenvalue weighted by molar-refractivity contribution is -0.151. The number of H-pyrrole nitrogens is 1. The van der Waals surface area contributed by atoms with Gasteiger partial charge in [0.05, 0.1) is 10.9 Å². The van der Waals surface area contributed by atoms with E-state index in [4.69, 9.17) is 0 Å². The molecule has 148 valence electrons. The number of nitrogens with zero attached hydrogens (tertiary/aromatic N) is 2. The molecular formula is C22H21N3O4. The molecule has 0 spiro atoms. The van der Waals surface area contributed by atoms with Crippen molar-refractivity contribution in [3.05, 3.63) is 75.8 Å². The van der Waals surface area contributed by atoms with Gasteiger partial charge in [0.2, 0.25) is 5.91 Å². The van der Waals surface area contributed by atoms with Crippen molar-refractivity contribution in [3.63, 3.8) is 0 Å². The Morgan fingerprint density at radius 2 is 1.90 bits per heavy atom. The minimum Gasteiger partial charge on any atom is -0.479 e. The molecule has 1 unspecified atom stereocenters. The molecule has 7 heteroatoms. The highest BCUT2D eigenvalue weighted by molar-refractivity contribution is 5.85. The van der Waals surface area contributed by atoms with Crippen molar-refractivity contribution >= 4 is 22.8 Å². The van der Waals surface area contributed by atoms with Crippen LogP contribution in [0, 0.1) is 0 Å². The Kier molecular flexibility index (Phi) is 5.12. The lowest BCUT2D eigenvalue weighted by atomic mass is 9.92. The summed E-state index contributed by atoms with van der Waals surface area (Å²) in [6.45, 7) is 0.387. The predicted molar refractivity (Wildman–Crippen MR) is 108 cm³/mol. The third-order valence-corrected chi connectivity index (χ3v) is 5.30. The lowest BCUT2D eigenvalue weighted by Crippen LogP contribution is -2.43. The summed E-state index contributed by atoms with van der Waals surface area (Å²) in [6.07, 6.45) is 1.76. The lowest BCUT2D eigenvalue weighted by Gasteiger charge is -2.34. The largest absolute Gasteiger partial charge is 0.479 e. The number of aryl methyl sites for hydroxylation is 1. The van der Waals surface area contributed by atoms with Crippen LogP contribution in [0.25, 0.3) is 10.9 Å². The molecule has 0 saturated carbocycles. The molecule has 0 fully saturated rings. The van der Waals surface area contributed by atoms with Crippen molar-refractivity contribution in [2.24, 2.45) is 0 Å². The minimum absolute atomic E-state index is 0.197. The van der Waals surface area contributed by atoms with Crippen molar-refractivity contribution in [1.29, 1.82) is 0 Å². The van der Waals surface area contributed by atoms with Crippen LogP contribution in [0.15, 0.2) is 53.3 Å². The number of amides is 1. The Morgan fingerprint density at radius 1 is 1.14 bits per heavy atom. The molecule has 4 rings (SSSR count). The number of aromatic nitrogens is 2. The van der Waals surface area contributed by atoms with Gasteiger partial charge in [-0.2, -0.15) is 0 Å². The summed E-state index contributed by atoms with van der Waals surface area (Å²) in [4.78, 5) is 45.4. The quantitative estimate of drug-likeness (QED) is 0.695. The van der Waals surface area contributed by atoms with E-state index in [9.17, 15) is 19.5 Å². The Labute approximate surface area is 167 Å². The highest BCUT2D eigenvalue weighted by Gasteiger charge is 2.35. The fourth-order valence-electron chi connectivity index (χ4n) is 3.91. The molecule has 1 aliphatic heterocycles. The van der Waals surface area contributed by atoms with Gasteiger partial charge in [-0.25, -0.2) is 9.78 Å². The highest BCUT2D eigenvalue weighted by Crippen LogP contribution is 2.30. The number of carbonyl (C=O) groups is 2. The van der Waals surface area contributed by atoms with E-state index in [-0.39, 0.29) is 17.9 Å². The molecule has 1 aromatic heterocycles. The second-order valence-corrected chi connectivity index (χ2v) is 7.16. The number of carbonyl (C=O) groups excluding carboxylic acids is 1. The van der Waals surface area contributed by atoms with E-state index in [0.717, 1.165) is 5.56 Å². The molecule has 7 nitrogen and oxygen atoms in total. The zero-order valence-electron chi connectivity index (χ0n) is 15.8. The van der Waals surface area contributed by atoms with E-state index in [1.54, 1.807) is 30.3 Å². The highest BCUT2D eigenvalue weighted by atomic mass is 16.4. The van der Waals surface area contributed by atoms with Crippen LogP contribution in [0.3, 0.4) is 0 Å². The van der Waals surface area contributed by atoms with Crippen molar-refractivity contribution in [2.45, 2.75) is 31.7 Å². The van der Waals surface area contributed by atoms with Gasteiger partial charge in [0, 0.05) is 19.4 Å². The Balaban J connectivity index is 1.45. The molecule has 0 bridgehead atoms. The third kappa shape index (κ3) is 3.76. The Morgan fingerprint density at radius 3 is 2.72 bits per heavy atom. The maximum atomic E-state index is 12.8. The SMILES string of the molecule is O=C(O)C1c2ccccc2CCN1C(=O)CCCc1nc2ccccc2c(=O)[nH]1. The standard InChI is InChI=1S/C22H21N3O4/c26-19(25-13-12-14-6-1-2-7-15(14)20(25)22(28)29)11-5-10-18-23-17-9-4-3-8-16(17)21(27)24-18/h1-4,6-9,20H,5,10-13H2,(H,28,29)(H,23,24,27). The van der Waals surface area contributed by atoms with E-state index in [1.807, 2.05) is 18.2 Å². The number of nitrogens with one attached hydrogen (secondary N) is 1. The van der Waals surface area contributed by atoms with E-state index in [2.05, 4.69) is 9.97 Å². The van der Waals surface area contributed by atoms with Crippen LogP contribution in [-0.2, 0) is 22.4 Å². The summed E-state index contributed by atoms with van der Waals surface area (Å²) < 4.78 is 0. The number of hydrogen-bond acceptors (Lipinski definition) is 4. The molecule has 2 aromatic carbocycles. The third-order valence-electron chi connectivity index (χ3n) is 5.30. The van der Waals surface area contributed by atoms with Gasteiger partial charge in [-0.15, -0.1) is 0 Å². The van der Waals surface area contributed by atoms with Gasteiger partial charge >= 0.3 is 5.97 Å². The van der Waals surface area contributed by atoms with E-state index < -0.39 is 12.0 Å². The van der Waals surface area contributed by atoms with Crippen LogP contribution in [0.2, 0.25) is 0 Å². The number of aromatic amines is 1. The van der Waals surface area contributed by atoms with Crippen LogP contribution in [0.1, 0.15) is 35.8 Å². The molecule has 2 N–H and O–H groups in total. The monoisotopic (exact) mass is 391 g/mol. The number of hydrogen-bond donors (Lipinski definition) is 2. The molecule has 2 heterocycles. The van der Waals surface area contributed by atoms with Gasteiger partial charge in [0.1, 0.15) is 5.82 Å². The maximum Gasteiger partial charge on any atom is 0.331 e. The van der Waals surface area contributed by atoms with Crippen molar-refractivity contribution in [3.8, 4) is 0 Å². The number of benzene rings is 2. The zero-order chi connectivity index (χ0) is 20.4. The molecule has 3 aromatic rings. The van der Waals surface area contributed by atoms with Crippen LogP contribution >= 0.6 is 0 Å². The predicted octanol–water partition coefficient (Wildman–Crippen LogP) is 2.46. The molecule has 1 aliphatic rings. The summed E-state index contributed by atoms with van der Waals surface area (Å²) in [5.41, 5.74) is 2.08. The van der Waals surface area contributed by atoms with E-state index in [1.165, 1.54) is 4.90 Å². The second-order valence-electron chi connectivity index (χ2n) is 7.16. The fourth-order valence-corrected chi connectivity index (χ4v) is 3.91. The average Bonchev–Trinajstić information content (AvgIpc) is 2.72. The van der Waals surface area contributed by atoms with Gasteiger partial charge in [-0.1, -0.05) is 36.4 Å². The topological polar surface area (TPSA) is 103 Å². The van der Waals surface area contributed by atoms with Gasteiger partial charge in [0.25, 0.3) is 5.56 Å². The van der Waals surface area contributed by atoms with Crippen LogP contribution in [0.4, 0.5) is 0 Å². The van der Waals surface area contributed by atoms with Gasteiger partial charge < -0.3 is 15.0 Å². The van der Waals surface area contributed by atoms with Gasteiger partial charge in [-0.05, 0) is 36.1 Å². The molecule has 1 atom stereocenters. The summed E-state index contributed by atoms with van der Waals surface area (Å²) in [7, 11) is 0. The fraction of sp³-hybridized carbons (Fsp3) is 0.273. The molecule has 0 radical (unpaired) electrons. The zero-order valence-corrected chi connectivity index (χ0v) is 15.8. The number of para-hydroxylation sites is 1. The van der Waals surface area contributed by atoms with Crippen molar-refractivity contribution < 1.29 is 14.7 Å². The van der Waals surface area contributed by atoms with Crippen LogP contribution < -0.4 is 5.56 Å². The minimum atomic E-state index is -1.02. The number of fused-ring (bicyclic) bond motifs is 2. The van der Waals surface area contributed by atoms with Gasteiger partial charge in [0.15, 0.2) is 6.04 Å². The first-order chi connectivity index (χ1) is 14.0. The smallest absolute Gasteiger partial charge is 0.331 e. The summed E-state index contributed by atoms with van der Waals surface area (Å²) in [5.74, 6) is -0.693. The number of carboxylic acid groups (broad SMARTS) is 1. The van der Waals surface area contributed by atoms with Crippen LogP contribution in [-0.4, -0.2) is 38.4 Å². The first kappa shape index (κ1) is 18.9. The first-order valence-electron chi connectivity index (χ1n) is 9.62. The summed E-state index contributed by atoms with van der Waals surface area (Å²) in [6, 6.07) is 13.5. The average molecular weight is 391 g/mol. The molecule has 1 amide bonds. The summed E-state index contributed by atoms with van der Waals surface area (Å²) >= 11 is 0. The van der Waals surface area contributed by atoms with E-state index in [0.29, 0.717) is 48.1 Å².